The molecule has 15 N–H and O–H groups in total. The quantitative estimate of drug-likeness (QED) is 0.0447. The van der Waals surface area contributed by atoms with E-state index < -0.39 is 133 Å². The number of nitrogens with zero attached hydrogens (tertiary/aromatic N) is 1. The van der Waals surface area contributed by atoms with Crippen LogP contribution in [0, 0.1) is 5.92 Å². The predicted molar refractivity (Wildman–Crippen MR) is 238 cm³/mol. The molecule has 372 valence electrons. The molecule has 1 aliphatic heterocycles. The number of carbonyl (C=O) groups excluding carboxylic acids is 8. The Balaban J connectivity index is 1.86. The van der Waals surface area contributed by atoms with E-state index in [1.807, 2.05) is 0 Å². The zero-order valence-corrected chi connectivity index (χ0v) is 37.8. The number of aliphatic hydroxyl groups excluding tert-OH is 1. The fraction of sp³-hybridized carbons (Fsp3) is 0.500. The number of rotatable bonds is 26. The number of hydrogen-bond donors (Lipinski definition) is 13. The second-order valence-electron chi connectivity index (χ2n) is 16.5. The van der Waals surface area contributed by atoms with Gasteiger partial charge in [-0.15, -0.1) is 0 Å². The fourth-order valence-corrected chi connectivity index (χ4v) is 7.04. The Morgan fingerprint density at radius 1 is 0.662 bits per heavy atom. The van der Waals surface area contributed by atoms with E-state index in [1.54, 1.807) is 13.8 Å². The van der Waals surface area contributed by atoms with Gasteiger partial charge in [0.05, 0.1) is 19.1 Å². The highest BCUT2D eigenvalue weighted by Gasteiger charge is 2.39. The number of nitrogens with one attached hydrogen (secondary N) is 6. The second-order valence-corrected chi connectivity index (χ2v) is 16.5. The number of aliphatic carboxylic acids is 2. The van der Waals surface area contributed by atoms with Gasteiger partial charge >= 0.3 is 11.9 Å². The van der Waals surface area contributed by atoms with Gasteiger partial charge in [-0.25, -0.2) is 4.79 Å². The molecule has 24 nitrogen and oxygen atoms in total. The molecule has 68 heavy (non-hydrogen) atoms. The normalized spacial score (nSPS) is 16.8. The van der Waals surface area contributed by atoms with Crippen LogP contribution in [0.3, 0.4) is 0 Å². The second kappa shape index (κ2) is 26.1. The first kappa shape index (κ1) is 55.0. The minimum Gasteiger partial charge on any atom is -0.508 e. The van der Waals surface area contributed by atoms with Gasteiger partial charge in [-0.1, -0.05) is 44.5 Å². The fourth-order valence-electron chi connectivity index (χ4n) is 7.04. The van der Waals surface area contributed by atoms with Crippen molar-refractivity contribution in [2.75, 3.05) is 13.2 Å². The van der Waals surface area contributed by atoms with Crippen molar-refractivity contribution in [2.45, 2.75) is 120 Å². The van der Waals surface area contributed by atoms with Crippen molar-refractivity contribution in [1.82, 2.24) is 36.8 Å². The average Bonchev–Trinajstić information content (AvgIpc) is 3.80. The van der Waals surface area contributed by atoms with Gasteiger partial charge in [0, 0.05) is 25.8 Å². The number of primary amides is 1. The minimum atomic E-state index is -1.76. The topological polar surface area (TPSA) is 399 Å². The Labute approximate surface area is 390 Å². The zero-order valence-electron chi connectivity index (χ0n) is 37.8. The maximum Gasteiger partial charge on any atom is 0.326 e. The predicted octanol–water partition coefficient (Wildman–Crippen LogP) is -3.01. The number of aromatic hydroxyl groups is 2. The van der Waals surface area contributed by atoms with E-state index in [-0.39, 0.29) is 43.2 Å². The van der Waals surface area contributed by atoms with Crippen molar-refractivity contribution in [3.8, 4) is 11.5 Å². The van der Waals surface area contributed by atoms with Gasteiger partial charge in [0.1, 0.15) is 53.8 Å². The van der Waals surface area contributed by atoms with Crippen LogP contribution in [0.15, 0.2) is 48.5 Å². The van der Waals surface area contributed by atoms with Crippen molar-refractivity contribution in [3.05, 3.63) is 59.7 Å². The highest BCUT2D eigenvalue weighted by atomic mass is 16.4. The number of amides is 8. The molecule has 0 saturated carbocycles. The highest BCUT2D eigenvalue weighted by molar-refractivity contribution is 5.98. The molecule has 0 aliphatic carbocycles. The van der Waals surface area contributed by atoms with Crippen molar-refractivity contribution in [3.63, 3.8) is 0 Å². The van der Waals surface area contributed by atoms with E-state index in [0.717, 1.165) is 4.90 Å². The van der Waals surface area contributed by atoms with Crippen LogP contribution in [-0.2, 0) is 60.8 Å². The summed E-state index contributed by atoms with van der Waals surface area (Å²) in [5.41, 5.74) is 12.3. The third-order valence-corrected chi connectivity index (χ3v) is 11.3. The van der Waals surface area contributed by atoms with E-state index >= 15 is 0 Å². The van der Waals surface area contributed by atoms with Gasteiger partial charge in [0.15, 0.2) is 0 Å². The van der Waals surface area contributed by atoms with E-state index in [0.29, 0.717) is 24.0 Å². The Kier molecular flexibility index (Phi) is 21.1. The number of carboxylic acid groups (broad SMARTS) is 2. The molecule has 3 rings (SSSR count). The van der Waals surface area contributed by atoms with Gasteiger partial charge in [-0.05, 0) is 67.5 Å². The summed E-state index contributed by atoms with van der Waals surface area (Å²) in [6.45, 7) is 3.69. The third kappa shape index (κ3) is 16.8. The summed E-state index contributed by atoms with van der Waals surface area (Å²) >= 11 is 0. The summed E-state index contributed by atoms with van der Waals surface area (Å²) in [6.07, 6.45) is -1.29. The summed E-state index contributed by atoms with van der Waals surface area (Å²) in [6, 6.07) is -0.691. The molecule has 1 heterocycles. The van der Waals surface area contributed by atoms with E-state index in [1.165, 1.54) is 55.5 Å². The van der Waals surface area contributed by atoms with Crippen LogP contribution in [0.4, 0.5) is 0 Å². The van der Waals surface area contributed by atoms with Crippen LogP contribution in [-0.4, -0.2) is 151 Å². The van der Waals surface area contributed by atoms with Gasteiger partial charge in [-0.3, -0.25) is 43.2 Å². The molecule has 24 heteroatoms. The number of phenols is 2. The first-order valence-electron chi connectivity index (χ1n) is 21.8. The van der Waals surface area contributed by atoms with Crippen LogP contribution < -0.4 is 43.4 Å². The SMILES string of the molecule is CC[C@H](C)[C@H](N)C(=O)N[C@@H](CC(N)=O)C(=O)N[C@@H](Cc1ccc(O)cc1)C(=O)N[C@@H](Cc1ccc(O)cc1)C(=O)N[C@@H](C)C(=O)N[C@@H](CO)C(=O)N[C@@H](CCC(=O)O)C(=O)N1CCC[C@H]1C(=O)O. The monoisotopic (exact) mass is 955 g/mol. The molecule has 1 saturated heterocycles. The summed E-state index contributed by atoms with van der Waals surface area (Å²) in [7, 11) is 0. The Bertz CT molecular complexity index is 2140. The summed E-state index contributed by atoms with van der Waals surface area (Å²) in [4.78, 5) is 131. The van der Waals surface area contributed by atoms with Crippen molar-refractivity contribution in [1.29, 1.82) is 0 Å². The Morgan fingerprint density at radius 3 is 1.59 bits per heavy atom. The zero-order chi connectivity index (χ0) is 50.8. The molecule has 0 bridgehead atoms. The number of aliphatic hydroxyl groups is 1. The van der Waals surface area contributed by atoms with Crippen molar-refractivity contribution >= 4 is 59.2 Å². The highest BCUT2D eigenvalue weighted by Crippen LogP contribution is 2.20. The Morgan fingerprint density at radius 2 is 1.12 bits per heavy atom. The van der Waals surface area contributed by atoms with E-state index in [9.17, 15) is 73.5 Å². The number of nitrogens with two attached hydrogens (primary N) is 2. The summed E-state index contributed by atoms with van der Waals surface area (Å²) in [5, 5.41) is 63.1. The maximum atomic E-state index is 14.2. The molecular weight excluding hydrogens is 895 g/mol. The van der Waals surface area contributed by atoms with Crippen LogP contribution >= 0.6 is 0 Å². The number of benzene rings is 2. The van der Waals surface area contributed by atoms with Crippen LogP contribution in [0.2, 0.25) is 0 Å². The molecule has 9 atom stereocenters. The van der Waals surface area contributed by atoms with Crippen LogP contribution in [0.1, 0.15) is 70.4 Å². The van der Waals surface area contributed by atoms with Crippen molar-refractivity contribution in [2.24, 2.45) is 17.4 Å². The first-order chi connectivity index (χ1) is 32.0. The van der Waals surface area contributed by atoms with Gasteiger partial charge in [0.25, 0.3) is 0 Å². The lowest BCUT2D eigenvalue weighted by Crippen LogP contribution is -2.61. The molecule has 0 unspecified atom stereocenters. The standard InChI is InChI=1S/C44H61N9O15/c1-4-22(2)36(46)42(65)51-31(20-34(45)57)40(63)50-30(19-25-9-13-27(56)14-10-25)39(62)49-29(18-24-7-11-26(55)12-8-24)38(61)47-23(3)37(60)52-32(21-54)41(64)48-28(15-16-35(58)59)43(66)53-17-5-6-33(53)44(67)68/h7-14,22-23,28-33,36,54-56H,4-6,15-21,46H2,1-3H3,(H2,45,57)(H,47,61)(H,48,64)(H,49,62)(H,50,63)(H,51,65)(H,52,60)(H,58,59)(H,67,68)/t22-,23-,28-,29-,30-,31-,32-,33-,36-/m0/s1. The molecule has 2 aromatic carbocycles. The molecule has 0 aromatic heterocycles. The summed E-state index contributed by atoms with van der Waals surface area (Å²) in [5.74, 6) is -10.9. The molecule has 8 amide bonds. The molecule has 0 radical (unpaired) electrons. The van der Waals surface area contributed by atoms with Gasteiger partial charge in [-0.2, -0.15) is 0 Å². The molecule has 2 aromatic rings. The maximum absolute atomic E-state index is 14.2. The van der Waals surface area contributed by atoms with Gasteiger partial charge in [0.2, 0.25) is 47.3 Å². The lowest BCUT2D eigenvalue weighted by molar-refractivity contribution is -0.150. The lowest BCUT2D eigenvalue weighted by atomic mass is 9.98. The van der Waals surface area contributed by atoms with E-state index in [2.05, 4.69) is 31.9 Å². The summed E-state index contributed by atoms with van der Waals surface area (Å²) < 4.78 is 0. The minimum absolute atomic E-state index is 0.0276. The lowest BCUT2D eigenvalue weighted by Gasteiger charge is -2.28. The van der Waals surface area contributed by atoms with Crippen LogP contribution in [0.25, 0.3) is 0 Å². The number of carboxylic acids is 2. The number of hydrogen-bond acceptors (Lipinski definition) is 14. The first-order valence-corrected chi connectivity index (χ1v) is 21.8. The molecule has 1 aliphatic rings. The number of phenolic OH excluding ortho intramolecular Hbond substituents is 2. The Hall–Kier alpha value is -7.34. The number of likely N-dealkylation sites (tertiary alicyclic amines) is 1. The smallest absolute Gasteiger partial charge is 0.326 e. The number of carbonyl (C=O) groups is 10. The van der Waals surface area contributed by atoms with Crippen molar-refractivity contribution < 1.29 is 73.5 Å². The molecule has 1 fully saturated rings. The largest absolute Gasteiger partial charge is 0.508 e. The third-order valence-electron chi connectivity index (χ3n) is 11.3. The molecular formula is C44H61N9O15. The van der Waals surface area contributed by atoms with Crippen LogP contribution in [0.5, 0.6) is 11.5 Å². The molecule has 0 spiro atoms. The van der Waals surface area contributed by atoms with Gasteiger partial charge < -0.3 is 73.8 Å². The van der Waals surface area contributed by atoms with E-state index in [4.69, 9.17) is 11.5 Å². The average molecular weight is 956 g/mol.